The maximum absolute atomic E-state index is 12.7. The second kappa shape index (κ2) is 8.76. The molecule has 3 rings (SSSR count). The summed E-state index contributed by atoms with van der Waals surface area (Å²) in [7, 11) is 0. The van der Waals surface area contributed by atoms with Gasteiger partial charge in [0.25, 0.3) is 5.91 Å². The molecule has 1 fully saturated rings. The Bertz CT molecular complexity index is 797. The van der Waals surface area contributed by atoms with Gasteiger partial charge < -0.3 is 19.2 Å². The lowest BCUT2D eigenvalue weighted by Gasteiger charge is -2.15. The van der Waals surface area contributed by atoms with Crippen molar-refractivity contribution < 1.29 is 18.7 Å². The van der Waals surface area contributed by atoms with Gasteiger partial charge >= 0.3 is 0 Å². The summed E-state index contributed by atoms with van der Waals surface area (Å²) in [6.07, 6.45) is 2.79. The van der Waals surface area contributed by atoms with Crippen molar-refractivity contribution in [2.45, 2.75) is 46.1 Å². The van der Waals surface area contributed by atoms with Crippen molar-refractivity contribution in [2.75, 3.05) is 18.5 Å². The quantitative estimate of drug-likeness (QED) is 0.742. The highest BCUT2D eigenvalue weighted by atomic mass is 35.5. The van der Waals surface area contributed by atoms with E-state index in [9.17, 15) is 4.79 Å². The van der Waals surface area contributed by atoms with Gasteiger partial charge in [-0.3, -0.25) is 4.79 Å². The van der Waals surface area contributed by atoms with Crippen LogP contribution in [0.25, 0.3) is 0 Å². The molecule has 1 aromatic heterocycles. The Kier molecular flexibility index (Phi) is 6.39. The van der Waals surface area contributed by atoms with Crippen LogP contribution in [0.2, 0.25) is 5.02 Å². The van der Waals surface area contributed by atoms with Gasteiger partial charge in [-0.25, -0.2) is 4.98 Å². The van der Waals surface area contributed by atoms with E-state index in [1.165, 1.54) is 0 Å². The van der Waals surface area contributed by atoms with E-state index in [0.29, 0.717) is 47.0 Å². The first-order valence-corrected chi connectivity index (χ1v) is 9.61. The normalized spacial score (nSPS) is 16.7. The van der Waals surface area contributed by atoms with Gasteiger partial charge in [-0.2, -0.15) is 0 Å². The Balaban J connectivity index is 1.73. The zero-order chi connectivity index (χ0) is 19.4. The number of nitrogens with zero attached hydrogens (tertiary/aromatic N) is 1. The van der Waals surface area contributed by atoms with E-state index in [4.69, 9.17) is 25.5 Å². The first-order chi connectivity index (χ1) is 12.9. The number of aryl methyl sites for hydroxylation is 1. The van der Waals surface area contributed by atoms with Gasteiger partial charge in [-0.1, -0.05) is 25.4 Å². The van der Waals surface area contributed by atoms with Crippen molar-refractivity contribution in [2.24, 2.45) is 5.92 Å². The maximum Gasteiger partial charge on any atom is 0.293 e. The summed E-state index contributed by atoms with van der Waals surface area (Å²) in [5.41, 5.74) is 1.05. The SMILES string of the molecule is Cc1nc(CC(C)C)oc1C(=O)Nc1cc(Cl)ccc1OCC1CCCO1. The summed E-state index contributed by atoms with van der Waals surface area (Å²) in [5, 5.41) is 3.33. The molecule has 27 heavy (non-hydrogen) atoms. The van der Waals surface area contributed by atoms with Crippen LogP contribution < -0.4 is 10.1 Å². The highest BCUT2D eigenvalue weighted by Crippen LogP contribution is 2.30. The molecule has 7 heteroatoms. The number of hydrogen-bond donors (Lipinski definition) is 1. The highest BCUT2D eigenvalue weighted by molar-refractivity contribution is 6.31. The Morgan fingerprint density at radius 3 is 2.96 bits per heavy atom. The predicted molar refractivity (Wildman–Crippen MR) is 104 cm³/mol. The number of oxazole rings is 1. The van der Waals surface area contributed by atoms with Crippen LogP contribution in [0.1, 0.15) is 48.8 Å². The minimum absolute atomic E-state index is 0.0827. The van der Waals surface area contributed by atoms with Crippen LogP contribution >= 0.6 is 11.6 Å². The van der Waals surface area contributed by atoms with E-state index in [-0.39, 0.29) is 17.8 Å². The number of carbonyl (C=O) groups is 1. The fourth-order valence-corrected chi connectivity index (χ4v) is 3.13. The number of nitrogens with one attached hydrogen (secondary N) is 1. The largest absolute Gasteiger partial charge is 0.489 e. The molecule has 0 aliphatic carbocycles. The zero-order valence-electron chi connectivity index (χ0n) is 15.9. The minimum atomic E-state index is -0.376. The summed E-state index contributed by atoms with van der Waals surface area (Å²) >= 11 is 6.10. The fraction of sp³-hybridized carbons (Fsp3) is 0.500. The fourth-order valence-electron chi connectivity index (χ4n) is 2.96. The van der Waals surface area contributed by atoms with Crippen LogP contribution in [0.4, 0.5) is 5.69 Å². The first kappa shape index (κ1) is 19.7. The van der Waals surface area contributed by atoms with Crippen LogP contribution in [-0.4, -0.2) is 30.2 Å². The Hall–Kier alpha value is -2.05. The van der Waals surface area contributed by atoms with Crippen molar-refractivity contribution in [3.63, 3.8) is 0 Å². The van der Waals surface area contributed by atoms with Crippen LogP contribution in [0.3, 0.4) is 0 Å². The van der Waals surface area contributed by atoms with Gasteiger partial charge in [0.2, 0.25) is 5.76 Å². The third-order valence-electron chi connectivity index (χ3n) is 4.27. The molecule has 0 radical (unpaired) electrons. The number of hydrogen-bond acceptors (Lipinski definition) is 5. The molecule has 2 aromatic rings. The van der Waals surface area contributed by atoms with Crippen molar-refractivity contribution in [3.8, 4) is 5.75 Å². The number of rotatable bonds is 7. The van der Waals surface area contributed by atoms with Gasteiger partial charge in [0.1, 0.15) is 12.4 Å². The minimum Gasteiger partial charge on any atom is -0.489 e. The van der Waals surface area contributed by atoms with Crippen LogP contribution in [-0.2, 0) is 11.2 Å². The summed E-state index contributed by atoms with van der Waals surface area (Å²) in [6, 6.07) is 5.12. The number of anilines is 1. The van der Waals surface area contributed by atoms with Gasteiger partial charge in [0.15, 0.2) is 5.89 Å². The van der Waals surface area contributed by atoms with Gasteiger partial charge in [0.05, 0.1) is 17.5 Å². The van der Waals surface area contributed by atoms with E-state index in [1.807, 2.05) is 0 Å². The molecule has 1 atom stereocenters. The summed E-state index contributed by atoms with van der Waals surface area (Å²) in [6.45, 7) is 7.10. The average molecular weight is 393 g/mol. The molecule has 1 aliphatic rings. The third kappa shape index (κ3) is 5.23. The van der Waals surface area contributed by atoms with E-state index in [1.54, 1.807) is 25.1 Å². The Morgan fingerprint density at radius 1 is 1.44 bits per heavy atom. The standard InChI is InChI=1S/C20H25ClN2O4/c1-12(2)9-18-22-13(3)19(27-18)20(24)23-16-10-14(21)6-7-17(16)26-11-15-5-4-8-25-15/h6-7,10,12,15H,4-5,8-9,11H2,1-3H3,(H,23,24). The molecule has 1 unspecified atom stereocenters. The van der Waals surface area contributed by atoms with Crippen molar-refractivity contribution >= 4 is 23.2 Å². The van der Waals surface area contributed by atoms with Gasteiger partial charge in [0, 0.05) is 18.1 Å². The second-order valence-electron chi connectivity index (χ2n) is 7.16. The molecule has 0 saturated carbocycles. The molecule has 1 aromatic carbocycles. The third-order valence-corrected chi connectivity index (χ3v) is 4.50. The Labute approximate surface area is 164 Å². The van der Waals surface area contributed by atoms with Crippen molar-refractivity contribution in [3.05, 3.63) is 40.6 Å². The smallest absolute Gasteiger partial charge is 0.293 e. The summed E-state index contributed by atoms with van der Waals surface area (Å²) in [4.78, 5) is 17.0. The Morgan fingerprint density at radius 2 is 2.26 bits per heavy atom. The molecule has 1 amide bonds. The maximum atomic E-state index is 12.7. The number of amides is 1. The van der Waals surface area contributed by atoms with Gasteiger partial charge in [-0.05, 0) is 43.9 Å². The topological polar surface area (TPSA) is 73.6 Å². The van der Waals surface area contributed by atoms with E-state index in [0.717, 1.165) is 19.4 Å². The number of ether oxygens (including phenoxy) is 2. The second-order valence-corrected chi connectivity index (χ2v) is 7.60. The van der Waals surface area contributed by atoms with Crippen LogP contribution in [0.15, 0.2) is 22.6 Å². The van der Waals surface area contributed by atoms with Gasteiger partial charge in [-0.15, -0.1) is 0 Å². The lowest BCUT2D eigenvalue weighted by atomic mass is 10.1. The lowest BCUT2D eigenvalue weighted by Crippen LogP contribution is -2.18. The molecule has 1 N–H and O–H groups in total. The van der Waals surface area contributed by atoms with E-state index in [2.05, 4.69) is 24.1 Å². The zero-order valence-corrected chi connectivity index (χ0v) is 16.6. The number of benzene rings is 1. The number of aromatic nitrogens is 1. The van der Waals surface area contributed by atoms with Crippen LogP contribution in [0.5, 0.6) is 5.75 Å². The van der Waals surface area contributed by atoms with Crippen molar-refractivity contribution in [1.82, 2.24) is 4.98 Å². The molecule has 6 nitrogen and oxygen atoms in total. The molecule has 0 bridgehead atoms. The number of carbonyl (C=O) groups excluding carboxylic acids is 1. The molecular formula is C20H25ClN2O4. The molecule has 2 heterocycles. The predicted octanol–water partition coefficient (Wildman–Crippen LogP) is 4.65. The first-order valence-electron chi connectivity index (χ1n) is 9.24. The average Bonchev–Trinajstić information content (AvgIpc) is 3.23. The number of halogens is 1. The molecule has 1 aliphatic heterocycles. The van der Waals surface area contributed by atoms with E-state index < -0.39 is 0 Å². The monoisotopic (exact) mass is 392 g/mol. The molecule has 146 valence electrons. The molecule has 1 saturated heterocycles. The summed E-state index contributed by atoms with van der Waals surface area (Å²) in [5.74, 6) is 1.33. The highest BCUT2D eigenvalue weighted by Gasteiger charge is 2.21. The summed E-state index contributed by atoms with van der Waals surface area (Å²) < 4.78 is 17.1. The molecular weight excluding hydrogens is 368 g/mol. The lowest BCUT2D eigenvalue weighted by molar-refractivity contribution is 0.0681. The van der Waals surface area contributed by atoms with Crippen LogP contribution in [0, 0.1) is 12.8 Å². The van der Waals surface area contributed by atoms with Crippen molar-refractivity contribution in [1.29, 1.82) is 0 Å². The molecule has 0 spiro atoms. The van der Waals surface area contributed by atoms with E-state index >= 15 is 0 Å².